The zero-order valence-electron chi connectivity index (χ0n) is 11.5. The fraction of sp³-hybridized carbons (Fsp3) is 1.00. The summed E-state index contributed by atoms with van der Waals surface area (Å²) < 4.78 is 5.48. The Hall–Kier alpha value is -0.120. The standard InChI is InChI=1S/C14H28N2O/c1-15-14-7-3-5-12(14)8-10-16-9-4-6-13(11-16)17-2/h12-15H,3-11H2,1-2H3. The summed E-state index contributed by atoms with van der Waals surface area (Å²) in [4.78, 5) is 2.60. The fourth-order valence-electron chi connectivity index (χ4n) is 3.52. The van der Waals surface area contributed by atoms with E-state index in [1.807, 2.05) is 7.11 Å². The van der Waals surface area contributed by atoms with E-state index in [0.717, 1.165) is 18.5 Å². The predicted octanol–water partition coefficient (Wildman–Crippen LogP) is 1.88. The summed E-state index contributed by atoms with van der Waals surface area (Å²) in [5.41, 5.74) is 0. The maximum Gasteiger partial charge on any atom is 0.0698 e. The first-order valence-corrected chi connectivity index (χ1v) is 7.26. The molecule has 1 saturated heterocycles. The number of methoxy groups -OCH3 is 1. The highest BCUT2D eigenvalue weighted by molar-refractivity contribution is 4.83. The zero-order valence-corrected chi connectivity index (χ0v) is 11.5. The van der Waals surface area contributed by atoms with Crippen LogP contribution in [0.25, 0.3) is 0 Å². The normalized spacial score (nSPS) is 35.3. The summed E-state index contributed by atoms with van der Waals surface area (Å²) in [6.45, 7) is 3.69. The number of hydrogen-bond donors (Lipinski definition) is 1. The molecule has 3 unspecified atom stereocenters. The minimum atomic E-state index is 0.479. The maximum absolute atomic E-state index is 5.48. The first kappa shape index (κ1) is 13.3. The number of hydrogen-bond acceptors (Lipinski definition) is 3. The van der Waals surface area contributed by atoms with E-state index in [2.05, 4.69) is 17.3 Å². The monoisotopic (exact) mass is 240 g/mol. The zero-order chi connectivity index (χ0) is 12.1. The fourth-order valence-corrected chi connectivity index (χ4v) is 3.52. The van der Waals surface area contributed by atoms with Gasteiger partial charge in [-0.15, -0.1) is 0 Å². The van der Waals surface area contributed by atoms with Gasteiger partial charge in [0.25, 0.3) is 0 Å². The van der Waals surface area contributed by atoms with Crippen LogP contribution in [0.4, 0.5) is 0 Å². The van der Waals surface area contributed by atoms with Gasteiger partial charge in [-0.05, 0) is 58.2 Å². The van der Waals surface area contributed by atoms with Gasteiger partial charge in [-0.2, -0.15) is 0 Å². The van der Waals surface area contributed by atoms with Crippen molar-refractivity contribution < 1.29 is 4.74 Å². The van der Waals surface area contributed by atoms with Crippen LogP contribution in [0.1, 0.15) is 38.5 Å². The lowest BCUT2D eigenvalue weighted by Gasteiger charge is -2.33. The quantitative estimate of drug-likeness (QED) is 0.794. The van der Waals surface area contributed by atoms with Crippen molar-refractivity contribution in [3.8, 4) is 0 Å². The number of piperidine rings is 1. The highest BCUT2D eigenvalue weighted by Gasteiger charge is 2.27. The van der Waals surface area contributed by atoms with Crippen LogP contribution >= 0.6 is 0 Å². The highest BCUT2D eigenvalue weighted by Crippen LogP contribution is 2.28. The lowest BCUT2D eigenvalue weighted by atomic mass is 9.98. The molecule has 0 amide bonds. The number of nitrogens with zero attached hydrogens (tertiary/aromatic N) is 1. The van der Waals surface area contributed by atoms with Crippen molar-refractivity contribution in [2.45, 2.75) is 50.7 Å². The van der Waals surface area contributed by atoms with Crippen molar-refractivity contribution in [3.63, 3.8) is 0 Å². The molecular weight excluding hydrogens is 212 g/mol. The molecule has 0 radical (unpaired) electrons. The molecule has 1 aliphatic carbocycles. The van der Waals surface area contributed by atoms with Crippen LogP contribution < -0.4 is 5.32 Å². The molecule has 0 aromatic rings. The van der Waals surface area contributed by atoms with Gasteiger partial charge in [0.05, 0.1) is 6.10 Å². The van der Waals surface area contributed by atoms with Crippen molar-refractivity contribution in [2.24, 2.45) is 5.92 Å². The van der Waals surface area contributed by atoms with E-state index in [1.54, 1.807) is 0 Å². The Kier molecular flexibility index (Phi) is 5.26. The lowest BCUT2D eigenvalue weighted by Crippen LogP contribution is -2.41. The molecule has 100 valence electrons. The minimum absolute atomic E-state index is 0.479. The molecule has 0 spiro atoms. The van der Waals surface area contributed by atoms with E-state index < -0.39 is 0 Å². The lowest BCUT2D eigenvalue weighted by molar-refractivity contribution is 0.0293. The number of nitrogens with one attached hydrogen (secondary N) is 1. The molecule has 2 fully saturated rings. The van der Waals surface area contributed by atoms with E-state index in [9.17, 15) is 0 Å². The van der Waals surface area contributed by atoms with Crippen LogP contribution in [0.2, 0.25) is 0 Å². The van der Waals surface area contributed by atoms with Crippen molar-refractivity contribution in [1.82, 2.24) is 10.2 Å². The third kappa shape index (κ3) is 3.67. The van der Waals surface area contributed by atoms with Crippen molar-refractivity contribution in [2.75, 3.05) is 33.8 Å². The molecule has 17 heavy (non-hydrogen) atoms. The third-order valence-corrected chi connectivity index (χ3v) is 4.64. The maximum atomic E-state index is 5.48. The summed E-state index contributed by atoms with van der Waals surface area (Å²) >= 11 is 0. The van der Waals surface area contributed by atoms with Crippen molar-refractivity contribution >= 4 is 0 Å². The van der Waals surface area contributed by atoms with Gasteiger partial charge in [0, 0.05) is 19.7 Å². The molecule has 2 aliphatic rings. The Bertz CT molecular complexity index is 222. The van der Waals surface area contributed by atoms with Crippen molar-refractivity contribution in [1.29, 1.82) is 0 Å². The van der Waals surface area contributed by atoms with Gasteiger partial charge < -0.3 is 15.0 Å². The van der Waals surface area contributed by atoms with Crippen LogP contribution in [0.5, 0.6) is 0 Å². The van der Waals surface area contributed by atoms with Gasteiger partial charge in [0.1, 0.15) is 0 Å². The Labute approximate surface area is 106 Å². The first-order valence-electron chi connectivity index (χ1n) is 7.26. The molecule has 0 aromatic carbocycles. The van der Waals surface area contributed by atoms with Crippen LogP contribution in [-0.2, 0) is 4.74 Å². The van der Waals surface area contributed by atoms with E-state index in [-0.39, 0.29) is 0 Å². The first-order chi connectivity index (χ1) is 8.33. The molecule has 3 heteroatoms. The Morgan fingerprint density at radius 1 is 1.24 bits per heavy atom. The SMILES string of the molecule is CNC1CCCC1CCN1CCCC(OC)C1. The van der Waals surface area contributed by atoms with Gasteiger partial charge in [0.2, 0.25) is 0 Å². The minimum Gasteiger partial charge on any atom is -0.380 e. The molecule has 1 N–H and O–H groups in total. The average Bonchev–Trinajstić information content (AvgIpc) is 2.84. The van der Waals surface area contributed by atoms with E-state index in [0.29, 0.717) is 6.10 Å². The third-order valence-electron chi connectivity index (χ3n) is 4.64. The average molecular weight is 240 g/mol. The molecule has 0 aromatic heterocycles. The van der Waals surface area contributed by atoms with Gasteiger partial charge in [-0.25, -0.2) is 0 Å². The topological polar surface area (TPSA) is 24.5 Å². The Balaban J connectivity index is 1.70. The molecule has 1 heterocycles. The summed E-state index contributed by atoms with van der Waals surface area (Å²) in [6, 6.07) is 0.776. The summed E-state index contributed by atoms with van der Waals surface area (Å²) in [5.74, 6) is 0.905. The van der Waals surface area contributed by atoms with Gasteiger partial charge >= 0.3 is 0 Å². The Morgan fingerprint density at radius 2 is 2.12 bits per heavy atom. The van der Waals surface area contributed by atoms with Gasteiger partial charge in [-0.1, -0.05) is 6.42 Å². The largest absolute Gasteiger partial charge is 0.380 e. The van der Waals surface area contributed by atoms with E-state index >= 15 is 0 Å². The van der Waals surface area contributed by atoms with Crippen LogP contribution in [0.15, 0.2) is 0 Å². The second-order valence-electron chi connectivity index (χ2n) is 5.68. The Morgan fingerprint density at radius 3 is 2.88 bits per heavy atom. The number of likely N-dealkylation sites (tertiary alicyclic amines) is 1. The molecule has 0 bridgehead atoms. The van der Waals surface area contributed by atoms with Crippen LogP contribution in [-0.4, -0.2) is 50.8 Å². The number of rotatable bonds is 5. The molecular formula is C14H28N2O. The highest BCUT2D eigenvalue weighted by atomic mass is 16.5. The van der Waals surface area contributed by atoms with Gasteiger partial charge in [-0.3, -0.25) is 0 Å². The molecule has 2 rings (SSSR count). The summed E-state index contributed by atoms with van der Waals surface area (Å²) in [5, 5.41) is 3.48. The predicted molar refractivity (Wildman–Crippen MR) is 71.3 cm³/mol. The molecule has 3 atom stereocenters. The van der Waals surface area contributed by atoms with Crippen LogP contribution in [0.3, 0.4) is 0 Å². The molecule has 1 saturated carbocycles. The second-order valence-corrected chi connectivity index (χ2v) is 5.68. The smallest absolute Gasteiger partial charge is 0.0698 e. The summed E-state index contributed by atoms with van der Waals surface area (Å²) in [7, 11) is 3.97. The van der Waals surface area contributed by atoms with Crippen LogP contribution in [0, 0.1) is 5.92 Å². The summed E-state index contributed by atoms with van der Waals surface area (Å²) in [6.07, 6.45) is 8.61. The van der Waals surface area contributed by atoms with Crippen molar-refractivity contribution in [3.05, 3.63) is 0 Å². The second kappa shape index (κ2) is 6.72. The van der Waals surface area contributed by atoms with Gasteiger partial charge in [0.15, 0.2) is 0 Å². The van der Waals surface area contributed by atoms with E-state index in [4.69, 9.17) is 4.74 Å². The number of ether oxygens (including phenoxy) is 1. The van der Waals surface area contributed by atoms with E-state index in [1.165, 1.54) is 51.6 Å². The molecule has 1 aliphatic heterocycles. The molecule has 3 nitrogen and oxygen atoms in total.